The number of esters is 1. The summed E-state index contributed by atoms with van der Waals surface area (Å²) in [6.07, 6.45) is 0.887. The molecule has 0 aromatic heterocycles. The maximum Gasteiger partial charge on any atom is 0.338 e. The molecule has 0 aliphatic rings. The van der Waals surface area contributed by atoms with Crippen LogP contribution >= 0.6 is 12.4 Å². The fourth-order valence-electron chi connectivity index (χ4n) is 1.89. The van der Waals surface area contributed by atoms with Crippen LogP contribution in [0, 0.1) is 0 Å². The molecular weight excluding hydrogens is 304 g/mol. The smallest absolute Gasteiger partial charge is 0.338 e. The molecule has 0 amide bonds. The molecule has 0 unspecified atom stereocenters. The Morgan fingerprint density at radius 3 is 2.45 bits per heavy atom. The lowest BCUT2D eigenvalue weighted by atomic mass is 10.2. The number of nitrogen functional groups attached to an aromatic ring is 1. The van der Waals surface area contributed by atoms with Gasteiger partial charge in [0.25, 0.3) is 0 Å². The van der Waals surface area contributed by atoms with Gasteiger partial charge in [-0.1, -0.05) is 20.8 Å². The van der Waals surface area contributed by atoms with E-state index in [4.69, 9.17) is 15.2 Å². The van der Waals surface area contributed by atoms with Gasteiger partial charge in [0.2, 0.25) is 0 Å². The Balaban J connectivity index is 0.00000441. The number of carbonyl (C=O) groups is 1. The summed E-state index contributed by atoms with van der Waals surface area (Å²) in [6.45, 7) is 9.79. The lowest BCUT2D eigenvalue weighted by molar-refractivity contribution is 0.0466. The van der Waals surface area contributed by atoms with Gasteiger partial charge < -0.3 is 20.1 Å². The third-order valence-corrected chi connectivity index (χ3v) is 3.25. The van der Waals surface area contributed by atoms with E-state index in [1.807, 2.05) is 6.92 Å². The van der Waals surface area contributed by atoms with Gasteiger partial charge >= 0.3 is 5.97 Å². The molecule has 0 spiro atoms. The zero-order valence-corrected chi connectivity index (χ0v) is 14.4. The second kappa shape index (κ2) is 11.2. The first-order chi connectivity index (χ1) is 10.1. The van der Waals surface area contributed by atoms with Crippen molar-refractivity contribution in [3.8, 4) is 5.75 Å². The van der Waals surface area contributed by atoms with Crippen molar-refractivity contribution < 1.29 is 14.3 Å². The van der Waals surface area contributed by atoms with Crippen LogP contribution in [0.3, 0.4) is 0 Å². The lowest BCUT2D eigenvalue weighted by Crippen LogP contribution is -2.27. The van der Waals surface area contributed by atoms with Crippen LogP contribution in [0.5, 0.6) is 5.75 Å². The molecule has 2 N–H and O–H groups in total. The molecule has 126 valence electrons. The third kappa shape index (κ3) is 6.54. The summed E-state index contributed by atoms with van der Waals surface area (Å²) in [6, 6.07) is 4.98. The van der Waals surface area contributed by atoms with Crippen molar-refractivity contribution in [3.05, 3.63) is 23.8 Å². The molecule has 6 heteroatoms. The molecule has 1 aromatic rings. The second-order valence-corrected chi connectivity index (χ2v) is 4.76. The molecule has 0 saturated carbocycles. The highest BCUT2D eigenvalue weighted by Gasteiger charge is 2.11. The van der Waals surface area contributed by atoms with Crippen LogP contribution in [-0.4, -0.2) is 43.7 Å². The number of benzene rings is 1. The minimum Gasteiger partial charge on any atom is -0.491 e. The van der Waals surface area contributed by atoms with Gasteiger partial charge in [0.1, 0.15) is 12.4 Å². The minimum absolute atomic E-state index is 0. The number of ether oxygens (including phenoxy) is 2. The second-order valence-electron chi connectivity index (χ2n) is 4.76. The van der Waals surface area contributed by atoms with Gasteiger partial charge in [0.05, 0.1) is 17.9 Å². The highest BCUT2D eigenvalue weighted by molar-refractivity contribution is 5.90. The van der Waals surface area contributed by atoms with Crippen molar-refractivity contribution in [1.29, 1.82) is 0 Å². The number of anilines is 1. The van der Waals surface area contributed by atoms with Crippen molar-refractivity contribution in [1.82, 2.24) is 4.90 Å². The Labute approximate surface area is 139 Å². The Hall–Kier alpha value is -1.46. The Morgan fingerprint density at radius 2 is 1.86 bits per heavy atom. The Kier molecular flexibility index (Phi) is 10.4. The zero-order valence-electron chi connectivity index (χ0n) is 13.6. The molecule has 5 nitrogen and oxygen atoms in total. The maximum absolute atomic E-state index is 12.0. The van der Waals surface area contributed by atoms with Crippen LogP contribution in [0.1, 0.15) is 37.6 Å². The molecule has 0 aliphatic heterocycles. The van der Waals surface area contributed by atoms with Crippen molar-refractivity contribution in [2.45, 2.75) is 27.2 Å². The van der Waals surface area contributed by atoms with E-state index in [0.29, 0.717) is 30.2 Å². The van der Waals surface area contributed by atoms with Crippen molar-refractivity contribution in [2.75, 3.05) is 38.6 Å². The first-order valence-electron chi connectivity index (χ1n) is 7.54. The van der Waals surface area contributed by atoms with E-state index in [2.05, 4.69) is 18.7 Å². The van der Waals surface area contributed by atoms with Gasteiger partial charge in [0, 0.05) is 6.54 Å². The molecule has 22 heavy (non-hydrogen) atoms. The molecule has 0 atom stereocenters. The summed E-state index contributed by atoms with van der Waals surface area (Å²) in [5.41, 5.74) is 6.82. The normalized spacial score (nSPS) is 10.2. The maximum atomic E-state index is 12.0. The van der Waals surface area contributed by atoms with E-state index in [9.17, 15) is 4.79 Å². The summed E-state index contributed by atoms with van der Waals surface area (Å²) in [5, 5.41) is 0. The summed E-state index contributed by atoms with van der Waals surface area (Å²) in [4.78, 5) is 14.2. The first kappa shape index (κ1) is 20.5. The molecule has 0 fully saturated rings. The molecular formula is C16H27ClN2O3. The number of hydrogen-bond donors (Lipinski definition) is 1. The summed E-state index contributed by atoms with van der Waals surface area (Å²) in [7, 11) is 0. The number of hydrogen-bond acceptors (Lipinski definition) is 5. The van der Waals surface area contributed by atoms with Crippen molar-refractivity contribution in [2.24, 2.45) is 0 Å². The predicted octanol–water partition coefficient (Wildman–Crippen LogP) is 2.98. The van der Waals surface area contributed by atoms with Crippen LogP contribution in [0.4, 0.5) is 5.69 Å². The Bertz CT molecular complexity index is 451. The first-order valence-corrected chi connectivity index (χ1v) is 7.54. The monoisotopic (exact) mass is 330 g/mol. The van der Waals surface area contributed by atoms with E-state index in [1.54, 1.807) is 18.2 Å². The third-order valence-electron chi connectivity index (χ3n) is 3.25. The molecule has 0 bridgehead atoms. The largest absolute Gasteiger partial charge is 0.491 e. The lowest BCUT2D eigenvalue weighted by Gasteiger charge is -2.17. The van der Waals surface area contributed by atoms with Crippen LogP contribution in [0.15, 0.2) is 18.2 Å². The van der Waals surface area contributed by atoms with Gasteiger partial charge in [-0.05, 0) is 37.7 Å². The van der Waals surface area contributed by atoms with E-state index >= 15 is 0 Å². The number of rotatable bonds is 9. The van der Waals surface area contributed by atoms with Crippen LogP contribution < -0.4 is 10.5 Å². The number of halogens is 1. The number of likely N-dealkylation sites (N-methyl/N-ethyl adjacent to an activating group) is 1. The number of nitrogens with zero attached hydrogens (tertiary/aromatic N) is 1. The summed E-state index contributed by atoms with van der Waals surface area (Å²) >= 11 is 0. The van der Waals surface area contributed by atoms with E-state index in [-0.39, 0.29) is 18.4 Å². The molecule has 1 aromatic carbocycles. The fraction of sp³-hybridized carbons (Fsp3) is 0.562. The van der Waals surface area contributed by atoms with E-state index in [0.717, 1.165) is 26.1 Å². The molecule has 0 heterocycles. The predicted molar refractivity (Wildman–Crippen MR) is 92.0 cm³/mol. The average molecular weight is 331 g/mol. The zero-order chi connectivity index (χ0) is 15.7. The summed E-state index contributed by atoms with van der Waals surface area (Å²) in [5.74, 6) is 0.193. The van der Waals surface area contributed by atoms with Crippen molar-refractivity contribution >= 4 is 24.1 Å². The van der Waals surface area contributed by atoms with Crippen LogP contribution in [-0.2, 0) is 4.74 Å². The molecule has 1 rings (SSSR count). The average Bonchev–Trinajstić information content (AvgIpc) is 2.50. The highest BCUT2D eigenvalue weighted by atomic mass is 35.5. The Morgan fingerprint density at radius 1 is 1.18 bits per heavy atom. The minimum atomic E-state index is -0.344. The van der Waals surface area contributed by atoms with Gasteiger partial charge in [-0.25, -0.2) is 4.79 Å². The van der Waals surface area contributed by atoms with Gasteiger partial charge in [-0.2, -0.15) is 0 Å². The SMILES string of the molecule is CCCOc1cc(C(=O)OCCN(CC)CC)ccc1N.Cl. The number of nitrogens with two attached hydrogens (primary N) is 1. The molecule has 0 radical (unpaired) electrons. The van der Waals surface area contributed by atoms with Gasteiger partial charge in [-0.15, -0.1) is 12.4 Å². The topological polar surface area (TPSA) is 64.8 Å². The molecule has 0 aliphatic carbocycles. The highest BCUT2D eigenvalue weighted by Crippen LogP contribution is 2.23. The summed E-state index contributed by atoms with van der Waals surface area (Å²) < 4.78 is 10.8. The van der Waals surface area contributed by atoms with Gasteiger partial charge in [0.15, 0.2) is 0 Å². The van der Waals surface area contributed by atoms with Gasteiger partial charge in [-0.3, -0.25) is 0 Å². The standard InChI is InChI=1S/C16H26N2O3.ClH/c1-4-10-20-15-12-13(7-8-14(15)17)16(19)21-11-9-18(5-2)6-3;/h7-8,12H,4-6,9-11,17H2,1-3H3;1H. The van der Waals surface area contributed by atoms with Crippen molar-refractivity contribution in [3.63, 3.8) is 0 Å². The molecule has 0 saturated heterocycles. The van der Waals surface area contributed by atoms with Crippen LogP contribution in [0.2, 0.25) is 0 Å². The van der Waals surface area contributed by atoms with Crippen LogP contribution in [0.25, 0.3) is 0 Å². The quantitative estimate of drug-likeness (QED) is 0.557. The van der Waals surface area contributed by atoms with E-state index < -0.39 is 0 Å². The number of carbonyl (C=O) groups excluding carboxylic acids is 1. The van der Waals surface area contributed by atoms with E-state index in [1.165, 1.54) is 0 Å². The fourth-order valence-corrected chi connectivity index (χ4v) is 1.89.